The van der Waals surface area contributed by atoms with Gasteiger partial charge in [0.25, 0.3) is 0 Å². The molecule has 0 spiro atoms. The summed E-state index contributed by atoms with van der Waals surface area (Å²) in [6.45, 7) is 0. The molecule has 0 fully saturated rings. The minimum absolute atomic E-state index is 0.0419. The minimum Gasteiger partial charge on any atom is -0.198 e. The first-order valence-corrected chi connectivity index (χ1v) is 4.85. The molecule has 1 aliphatic rings. The Kier molecular flexibility index (Phi) is 2.19. The first-order chi connectivity index (χ1) is 6.22. The van der Waals surface area contributed by atoms with E-state index in [1.165, 1.54) is 0 Å². The van der Waals surface area contributed by atoms with E-state index in [4.69, 9.17) is 28.5 Å². The van der Waals surface area contributed by atoms with E-state index in [2.05, 4.69) is 6.07 Å². The topological polar surface area (TPSA) is 23.8 Å². The molecule has 2 rings (SSSR count). The van der Waals surface area contributed by atoms with Crippen LogP contribution in [0.4, 0.5) is 0 Å². The fourth-order valence-electron chi connectivity index (χ4n) is 1.81. The molecule has 0 N–H and O–H groups in total. The van der Waals surface area contributed by atoms with Gasteiger partial charge in [-0.2, -0.15) is 5.26 Å². The van der Waals surface area contributed by atoms with Crippen molar-refractivity contribution in [1.29, 1.82) is 5.26 Å². The summed E-state index contributed by atoms with van der Waals surface area (Å²) in [4.78, 5) is 0. The van der Waals surface area contributed by atoms with Gasteiger partial charge in [-0.25, -0.2) is 0 Å². The number of halogens is 2. The molecule has 1 aromatic rings. The standard InChI is InChI=1S/C10H7Cl2N/c11-8-3-6-1-2-7(5-13)10(6)9(12)4-8/h3-4,7H,1-2H2. The van der Waals surface area contributed by atoms with Crippen LogP contribution in [-0.2, 0) is 6.42 Å². The van der Waals surface area contributed by atoms with Crippen molar-refractivity contribution in [3.63, 3.8) is 0 Å². The summed E-state index contributed by atoms with van der Waals surface area (Å²) in [7, 11) is 0. The highest BCUT2D eigenvalue weighted by atomic mass is 35.5. The monoisotopic (exact) mass is 211 g/mol. The predicted octanol–water partition coefficient (Wildman–Crippen LogP) is 3.55. The van der Waals surface area contributed by atoms with Gasteiger partial charge in [0, 0.05) is 10.0 Å². The predicted molar refractivity (Wildman–Crippen MR) is 53.1 cm³/mol. The smallest absolute Gasteiger partial charge is 0.0733 e. The number of hydrogen-bond donors (Lipinski definition) is 0. The van der Waals surface area contributed by atoms with Crippen molar-refractivity contribution in [1.82, 2.24) is 0 Å². The van der Waals surface area contributed by atoms with Gasteiger partial charge < -0.3 is 0 Å². The molecule has 1 nitrogen and oxygen atoms in total. The summed E-state index contributed by atoms with van der Waals surface area (Å²) < 4.78 is 0. The zero-order valence-electron chi connectivity index (χ0n) is 6.85. The molecule has 0 saturated carbocycles. The van der Waals surface area contributed by atoms with Crippen molar-refractivity contribution >= 4 is 23.2 Å². The number of nitriles is 1. The maximum atomic E-state index is 8.86. The third kappa shape index (κ3) is 1.41. The molecule has 1 aliphatic carbocycles. The SMILES string of the molecule is N#CC1CCc2cc(Cl)cc(Cl)c21. The summed E-state index contributed by atoms with van der Waals surface area (Å²) in [5.74, 6) is -0.0419. The lowest BCUT2D eigenvalue weighted by Gasteiger charge is -2.05. The van der Waals surface area contributed by atoms with Crippen LogP contribution in [0.25, 0.3) is 0 Å². The first kappa shape index (κ1) is 8.87. The Morgan fingerprint density at radius 1 is 1.38 bits per heavy atom. The maximum absolute atomic E-state index is 8.86. The van der Waals surface area contributed by atoms with Crippen LogP contribution >= 0.6 is 23.2 Å². The molecular weight excluding hydrogens is 205 g/mol. The zero-order chi connectivity index (χ0) is 9.42. The van der Waals surface area contributed by atoms with Crippen LogP contribution in [0.5, 0.6) is 0 Å². The van der Waals surface area contributed by atoms with E-state index in [0.29, 0.717) is 10.0 Å². The second-order valence-corrected chi connectivity index (χ2v) is 4.02. The molecule has 0 radical (unpaired) electrons. The van der Waals surface area contributed by atoms with Gasteiger partial charge >= 0.3 is 0 Å². The van der Waals surface area contributed by atoms with Crippen LogP contribution in [0.3, 0.4) is 0 Å². The zero-order valence-corrected chi connectivity index (χ0v) is 8.36. The van der Waals surface area contributed by atoms with E-state index < -0.39 is 0 Å². The average Bonchev–Trinajstić information content (AvgIpc) is 2.47. The molecule has 66 valence electrons. The van der Waals surface area contributed by atoms with Crippen LogP contribution in [0, 0.1) is 11.3 Å². The quantitative estimate of drug-likeness (QED) is 0.645. The van der Waals surface area contributed by atoms with Gasteiger partial charge in [0.1, 0.15) is 0 Å². The Bertz CT molecular complexity index is 393. The second-order valence-electron chi connectivity index (χ2n) is 3.18. The van der Waals surface area contributed by atoms with Crippen LogP contribution < -0.4 is 0 Å². The Morgan fingerprint density at radius 2 is 2.15 bits per heavy atom. The van der Waals surface area contributed by atoms with Gasteiger partial charge in [-0.1, -0.05) is 23.2 Å². The number of aryl methyl sites for hydroxylation is 1. The summed E-state index contributed by atoms with van der Waals surface area (Å²) in [6, 6.07) is 5.86. The molecule has 1 atom stereocenters. The van der Waals surface area contributed by atoms with E-state index in [0.717, 1.165) is 24.0 Å². The third-order valence-electron chi connectivity index (χ3n) is 2.39. The molecule has 0 amide bonds. The summed E-state index contributed by atoms with van der Waals surface area (Å²) >= 11 is 11.9. The van der Waals surface area contributed by atoms with E-state index in [1.54, 1.807) is 6.07 Å². The fourth-order valence-corrected chi connectivity index (χ4v) is 2.48. The Morgan fingerprint density at radius 3 is 2.85 bits per heavy atom. The molecule has 0 saturated heterocycles. The van der Waals surface area contributed by atoms with Crippen molar-refractivity contribution in [2.45, 2.75) is 18.8 Å². The lowest BCUT2D eigenvalue weighted by atomic mass is 10.0. The molecule has 0 aromatic heterocycles. The fraction of sp³-hybridized carbons (Fsp3) is 0.300. The van der Waals surface area contributed by atoms with Crippen molar-refractivity contribution in [2.75, 3.05) is 0 Å². The van der Waals surface area contributed by atoms with Crippen LogP contribution in [-0.4, -0.2) is 0 Å². The summed E-state index contributed by atoms with van der Waals surface area (Å²) in [6.07, 6.45) is 1.78. The molecule has 1 aromatic carbocycles. The van der Waals surface area contributed by atoms with Gasteiger partial charge in [0.15, 0.2) is 0 Å². The van der Waals surface area contributed by atoms with E-state index >= 15 is 0 Å². The van der Waals surface area contributed by atoms with Gasteiger partial charge in [0.2, 0.25) is 0 Å². The van der Waals surface area contributed by atoms with E-state index in [9.17, 15) is 0 Å². The van der Waals surface area contributed by atoms with Gasteiger partial charge in [-0.05, 0) is 36.1 Å². The van der Waals surface area contributed by atoms with Crippen molar-refractivity contribution in [3.05, 3.63) is 33.3 Å². The molecule has 1 unspecified atom stereocenters. The highest BCUT2D eigenvalue weighted by Gasteiger charge is 2.25. The number of nitrogens with zero attached hydrogens (tertiary/aromatic N) is 1. The van der Waals surface area contributed by atoms with Crippen LogP contribution in [0.1, 0.15) is 23.5 Å². The Hall–Kier alpha value is -0.710. The summed E-state index contributed by atoms with van der Waals surface area (Å²) in [5.41, 5.74) is 2.11. The molecule has 13 heavy (non-hydrogen) atoms. The molecular formula is C10H7Cl2N. The van der Waals surface area contributed by atoms with E-state index in [1.807, 2.05) is 6.07 Å². The molecule has 0 bridgehead atoms. The first-order valence-electron chi connectivity index (χ1n) is 4.10. The van der Waals surface area contributed by atoms with Crippen LogP contribution in [0.15, 0.2) is 12.1 Å². The second kappa shape index (κ2) is 3.21. The third-order valence-corrected chi connectivity index (χ3v) is 2.92. The van der Waals surface area contributed by atoms with Gasteiger partial charge in [-0.3, -0.25) is 0 Å². The Balaban J connectivity index is 2.59. The molecule has 0 aliphatic heterocycles. The lowest BCUT2D eigenvalue weighted by molar-refractivity contribution is 0.826. The number of fused-ring (bicyclic) bond motifs is 1. The summed E-state index contributed by atoms with van der Waals surface area (Å²) in [5, 5.41) is 10.2. The van der Waals surface area contributed by atoms with Crippen molar-refractivity contribution in [3.8, 4) is 6.07 Å². The lowest BCUT2D eigenvalue weighted by Crippen LogP contribution is -1.90. The van der Waals surface area contributed by atoms with Gasteiger partial charge in [-0.15, -0.1) is 0 Å². The number of benzene rings is 1. The normalized spacial score (nSPS) is 19.6. The van der Waals surface area contributed by atoms with E-state index in [-0.39, 0.29) is 5.92 Å². The molecule has 0 heterocycles. The number of hydrogen-bond acceptors (Lipinski definition) is 1. The largest absolute Gasteiger partial charge is 0.198 e. The Labute approximate surface area is 86.9 Å². The van der Waals surface area contributed by atoms with Gasteiger partial charge in [0.05, 0.1) is 12.0 Å². The highest BCUT2D eigenvalue weighted by molar-refractivity contribution is 6.35. The molecule has 3 heteroatoms. The maximum Gasteiger partial charge on any atom is 0.0733 e. The minimum atomic E-state index is -0.0419. The van der Waals surface area contributed by atoms with Crippen molar-refractivity contribution in [2.24, 2.45) is 0 Å². The average molecular weight is 212 g/mol. The van der Waals surface area contributed by atoms with Crippen molar-refractivity contribution < 1.29 is 0 Å². The highest BCUT2D eigenvalue weighted by Crippen LogP contribution is 2.39. The van der Waals surface area contributed by atoms with Crippen LogP contribution in [0.2, 0.25) is 10.0 Å². The number of rotatable bonds is 0.